The van der Waals surface area contributed by atoms with Crippen LogP contribution in [0.25, 0.3) is 10.6 Å². The Morgan fingerprint density at radius 1 is 1.24 bits per heavy atom. The number of nitrogens with zero attached hydrogens (tertiary/aromatic N) is 1. The van der Waals surface area contributed by atoms with E-state index in [0.29, 0.717) is 29.0 Å². The van der Waals surface area contributed by atoms with Crippen LogP contribution in [0.3, 0.4) is 0 Å². The van der Waals surface area contributed by atoms with E-state index in [0.717, 1.165) is 10.6 Å². The van der Waals surface area contributed by atoms with Crippen molar-refractivity contribution < 1.29 is 14.3 Å². The maximum Gasteiger partial charge on any atom is 0.312 e. The maximum atomic E-state index is 11.6. The summed E-state index contributed by atoms with van der Waals surface area (Å²) in [5.41, 5.74) is 1.56. The molecule has 0 amide bonds. The van der Waals surface area contributed by atoms with Gasteiger partial charge in [0.2, 0.25) is 0 Å². The molecule has 1 heterocycles. The van der Waals surface area contributed by atoms with Gasteiger partial charge in [-0.2, -0.15) is 0 Å². The van der Waals surface area contributed by atoms with E-state index in [1.54, 1.807) is 6.92 Å². The Kier molecular flexibility index (Phi) is 5.59. The monoisotopic (exact) mass is 325 g/mol. The van der Waals surface area contributed by atoms with Gasteiger partial charge in [0.15, 0.2) is 5.06 Å². The molecule has 4 nitrogen and oxygen atoms in total. The lowest BCUT2D eigenvalue weighted by Crippen LogP contribution is -2.08. The minimum absolute atomic E-state index is 0.118. The molecule has 2 rings (SSSR count). The predicted octanol–water partition coefficient (Wildman–Crippen LogP) is 3.97. The van der Waals surface area contributed by atoms with Crippen molar-refractivity contribution in [2.75, 3.05) is 13.2 Å². The lowest BCUT2D eigenvalue weighted by atomic mass is 10.2. The molecule has 0 aliphatic heterocycles. The first-order valence-electron chi connectivity index (χ1n) is 6.68. The molecular weight excluding hydrogens is 310 g/mol. The highest BCUT2D eigenvalue weighted by molar-refractivity contribution is 7.17. The number of benzene rings is 1. The average Bonchev–Trinajstić information content (AvgIpc) is 2.83. The lowest BCUT2D eigenvalue weighted by molar-refractivity contribution is -0.142. The number of esters is 1. The van der Waals surface area contributed by atoms with Crippen LogP contribution in [0.5, 0.6) is 5.06 Å². The van der Waals surface area contributed by atoms with E-state index in [4.69, 9.17) is 21.1 Å². The van der Waals surface area contributed by atoms with Gasteiger partial charge in [0.05, 0.1) is 19.6 Å². The smallest absolute Gasteiger partial charge is 0.312 e. The Morgan fingerprint density at radius 3 is 2.57 bits per heavy atom. The first kappa shape index (κ1) is 15.8. The Morgan fingerprint density at radius 2 is 1.95 bits per heavy atom. The molecule has 1 aromatic carbocycles. The van der Waals surface area contributed by atoms with Gasteiger partial charge < -0.3 is 9.47 Å². The minimum atomic E-state index is -0.300. The van der Waals surface area contributed by atoms with E-state index in [2.05, 4.69) is 4.98 Å². The molecule has 0 spiro atoms. The molecule has 0 saturated carbocycles. The fraction of sp³-hybridized carbons (Fsp3) is 0.333. The number of halogens is 1. The standard InChI is InChI=1S/C15H16ClNO3S/c1-3-19-13(18)9-12-15(20-4-2)21-14(17-12)10-5-7-11(16)8-6-10/h5-8H,3-4,9H2,1-2H3. The molecular formula is C15H16ClNO3S. The quantitative estimate of drug-likeness (QED) is 0.754. The van der Waals surface area contributed by atoms with Crippen LogP contribution < -0.4 is 4.74 Å². The molecule has 0 saturated heterocycles. The summed E-state index contributed by atoms with van der Waals surface area (Å²) in [4.78, 5) is 16.1. The first-order chi connectivity index (χ1) is 10.1. The number of hydrogen-bond acceptors (Lipinski definition) is 5. The zero-order valence-corrected chi connectivity index (χ0v) is 13.5. The van der Waals surface area contributed by atoms with Gasteiger partial charge >= 0.3 is 5.97 Å². The van der Waals surface area contributed by atoms with Gasteiger partial charge in [-0.25, -0.2) is 4.98 Å². The third kappa shape index (κ3) is 4.19. The van der Waals surface area contributed by atoms with E-state index < -0.39 is 0 Å². The molecule has 0 unspecified atom stereocenters. The van der Waals surface area contributed by atoms with Gasteiger partial charge in [0.1, 0.15) is 10.7 Å². The van der Waals surface area contributed by atoms with Crippen LogP contribution in [0.15, 0.2) is 24.3 Å². The summed E-state index contributed by atoms with van der Waals surface area (Å²) in [6, 6.07) is 7.41. The summed E-state index contributed by atoms with van der Waals surface area (Å²) < 4.78 is 10.5. The van der Waals surface area contributed by atoms with Crippen molar-refractivity contribution in [2.24, 2.45) is 0 Å². The second-order valence-corrected chi connectivity index (χ2v) is 5.57. The van der Waals surface area contributed by atoms with E-state index >= 15 is 0 Å². The number of thiazole rings is 1. The number of carbonyl (C=O) groups excluding carboxylic acids is 1. The van der Waals surface area contributed by atoms with Gasteiger partial charge in [0, 0.05) is 10.6 Å². The molecule has 112 valence electrons. The van der Waals surface area contributed by atoms with Gasteiger partial charge in [-0.1, -0.05) is 35.1 Å². The highest BCUT2D eigenvalue weighted by Gasteiger charge is 2.17. The molecule has 21 heavy (non-hydrogen) atoms. The van der Waals surface area contributed by atoms with Crippen molar-refractivity contribution in [2.45, 2.75) is 20.3 Å². The molecule has 0 fully saturated rings. The number of carbonyl (C=O) groups is 1. The van der Waals surface area contributed by atoms with Crippen LogP contribution >= 0.6 is 22.9 Å². The SMILES string of the molecule is CCOC(=O)Cc1nc(-c2ccc(Cl)cc2)sc1OCC. The van der Waals surface area contributed by atoms with Crippen LogP contribution in [0.1, 0.15) is 19.5 Å². The molecule has 0 N–H and O–H groups in total. The predicted molar refractivity (Wildman–Crippen MR) is 84.1 cm³/mol. The average molecular weight is 326 g/mol. The summed E-state index contributed by atoms with van der Waals surface area (Å²) in [6.07, 6.45) is 0.118. The highest BCUT2D eigenvalue weighted by atomic mass is 35.5. The normalized spacial score (nSPS) is 10.4. The van der Waals surface area contributed by atoms with Gasteiger partial charge in [-0.05, 0) is 26.0 Å². The second kappa shape index (κ2) is 7.43. The topological polar surface area (TPSA) is 48.4 Å². The van der Waals surface area contributed by atoms with E-state index in [1.807, 2.05) is 31.2 Å². The van der Waals surface area contributed by atoms with Gasteiger partial charge in [-0.3, -0.25) is 4.79 Å². The van der Waals surface area contributed by atoms with Crippen LogP contribution in [0.2, 0.25) is 5.02 Å². The first-order valence-corrected chi connectivity index (χ1v) is 7.87. The van der Waals surface area contributed by atoms with Crippen molar-refractivity contribution in [3.63, 3.8) is 0 Å². The van der Waals surface area contributed by atoms with Crippen molar-refractivity contribution >= 4 is 28.9 Å². The van der Waals surface area contributed by atoms with E-state index in [-0.39, 0.29) is 12.4 Å². The molecule has 1 aromatic heterocycles. The third-order valence-electron chi connectivity index (χ3n) is 2.65. The maximum absolute atomic E-state index is 11.6. The van der Waals surface area contributed by atoms with Crippen LogP contribution in [0.4, 0.5) is 0 Å². The number of hydrogen-bond donors (Lipinski definition) is 0. The van der Waals surface area contributed by atoms with Crippen molar-refractivity contribution in [3.8, 4) is 15.6 Å². The molecule has 0 bridgehead atoms. The number of rotatable bonds is 6. The number of ether oxygens (including phenoxy) is 2. The Bertz CT molecular complexity index is 610. The van der Waals surface area contributed by atoms with Crippen LogP contribution in [-0.4, -0.2) is 24.2 Å². The Labute approximate surface area is 132 Å². The largest absolute Gasteiger partial charge is 0.483 e. The molecule has 0 radical (unpaired) electrons. The number of aromatic nitrogens is 1. The molecule has 6 heteroatoms. The summed E-state index contributed by atoms with van der Waals surface area (Å²) in [7, 11) is 0. The zero-order valence-electron chi connectivity index (χ0n) is 11.9. The lowest BCUT2D eigenvalue weighted by Gasteiger charge is -2.02. The molecule has 2 aromatic rings. The third-order valence-corrected chi connectivity index (χ3v) is 3.96. The fourth-order valence-corrected chi connectivity index (χ4v) is 2.88. The second-order valence-electron chi connectivity index (χ2n) is 4.17. The molecule has 0 aliphatic carbocycles. The molecule has 0 atom stereocenters. The Balaban J connectivity index is 2.27. The van der Waals surface area contributed by atoms with Gasteiger partial charge in [0.25, 0.3) is 0 Å². The summed E-state index contributed by atoms with van der Waals surface area (Å²) >= 11 is 7.30. The van der Waals surface area contributed by atoms with Crippen molar-refractivity contribution in [1.29, 1.82) is 0 Å². The summed E-state index contributed by atoms with van der Waals surface area (Å²) in [5.74, 6) is -0.300. The van der Waals surface area contributed by atoms with Gasteiger partial charge in [-0.15, -0.1) is 0 Å². The Hall–Kier alpha value is -1.59. The van der Waals surface area contributed by atoms with Crippen molar-refractivity contribution in [3.05, 3.63) is 35.0 Å². The van der Waals surface area contributed by atoms with Crippen LogP contribution in [0, 0.1) is 0 Å². The van der Waals surface area contributed by atoms with Crippen LogP contribution in [-0.2, 0) is 16.0 Å². The minimum Gasteiger partial charge on any atom is -0.483 e. The summed E-state index contributed by atoms with van der Waals surface area (Å²) in [6.45, 7) is 4.56. The zero-order chi connectivity index (χ0) is 15.2. The molecule has 0 aliphatic rings. The van der Waals surface area contributed by atoms with E-state index in [1.165, 1.54) is 11.3 Å². The van der Waals surface area contributed by atoms with E-state index in [9.17, 15) is 4.79 Å². The summed E-state index contributed by atoms with van der Waals surface area (Å²) in [5, 5.41) is 2.14. The fourth-order valence-electron chi connectivity index (χ4n) is 1.76. The highest BCUT2D eigenvalue weighted by Crippen LogP contribution is 2.34. The van der Waals surface area contributed by atoms with Crippen molar-refractivity contribution in [1.82, 2.24) is 4.98 Å².